The second-order valence-corrected chi connectivity index (χ2v) is 1.72. The van der Waals surface area contributed by atoms with Gasteiger partial charge in [0.1, 0.15) is 0 Å². The van der Waals surface area contributed by atoms with Crippen molar-refractivity contribution in [3.8, 4) is 0 Å². The minimum atomic E-state index is -0.411. The molecule has 0 aromatic rings. The predicted octanol–water partition coefficient (Wildman–Crippen LogP) is 1.01. The highest BCUT2D eigenvalue weighted by Gasteiger charge is 1.91. The molecule has 1 N–H and O–H groups in total. The van der Waals surface area contributed by atoms with Crippen LogP contribution in [-0.4, -0.2) is 24.0 Å². The highest BCUT2D eigenvalue weighted by atomic mass is 16.3. The van der Waals surface area contributed by atoms with Crippen molar-refractivity contribution in [2.75, 3.05) is 6.54 Å². The summed E-state index contributed by atoms with van der Waals surface area (Å²) in [5.41, 5.74) is 0. The summed E-state index contributed by atoms with van der Waals surface area (Å²) in [5, 5.41) is 8.98. The van der Waals surface area contributed by atoms with Crippen LogP contribution in [0.1, 0.15) is 13.8 Å². The number of hydrogen-bond acceptors (Lipinski definition) is 2. The quantitative estimate of drug-likeness (QED) is 0.445. The largest absolute Gasteiger partial charge is 0.387 e. The first-order chi connectivity index (χ1) is 4.31. The Morgan fingerprint density at radius 2 is 2.22 bits per heavy atom. The van der Waals surface area contributed by atoms with Gasteiger partial charge in [-0.05, 0) is 20.1 Å². The van der Waals surface area contributed by atoms with E-state index in [2.05, 4.69) is 4.99 Å². The van der Waals surface area contributed by atoms with E-state index < -0.39 is 6.10 Å². The molecule has 52 valence electrons. The molecule has 0 bridgehead atoms. The van der Waals surface area contributed by atoms with Gasteiger partial charge in [0.15, 0.2) is 0 Å². The summed E-state index contributed by atoms with van der Waals surface area (Å²) < 4.78 is 0. The molecule has 0 aliphatic rings. The average molecular weight is 127 g/mol. The lowest BCUT2D eigenvalue weighted by Gasteiger charge is -1.97. The lowest BCUT2D eigenvalue weighted by atomic mass is 10.3. The Kier molecular flexibility index (Phi) is 5.12. The van der Waals surface area contributed by atoms with Gasteiger partial charge in [-0.1, -0.05) is 12.2 Å². The second-order valence-electron chi connectivity index (χ2n) is 1.72. The molecule has 9 heavy (non-hydrogen) atoms. The van der Waals surface area contributed by atoms with E-state index in [0.29, 0.717) is 6.54 Å². The van der Waals surface area contributed by atoms with Crippen molar-refractivity contribution in [2.45, 2.75) is 20.0 Å². The van der Waals surface area contributed by atoms with E-state index in [1.165, 1.54) is 0 Å². The predicted molar refractivity (Wildman–Crippen MR) is 39.9 cm³/mol. The molecule has 1 atom stereocenters. The summed E-state index contributed by atoms with van der Waals surface area (Å²) in [6.45, 7) is 4.18. The maximum atomic E-state index is 8.98. The number of rotatable bonds is 3. The summed E-state index contributed by atoms with van der Waals surface area (Å²) in [5.74, 6) is 0. The summed E-state index contributed by atoms with van der Waals surface area (Å²) in [7, 11) is 0. The Labute approximate surface area is 55.9 Å². The van der Waals surface area contributed by atoms with Gasteiger partial charge in [0.05, 0.1) is 12.6 Å². The van der Waals surface area contributed by atoms with E-state index in [9.17, 15) is 0 Å². The van der Waals surface area contributed by atoms with Gasteiger partial charge >= 0.3 is 0 Å². The molecule has 0 radical (unpaired) electrons. The molecule has 0 unspecified atom stereocenters. The van der Waals surface area contributed by atoms with E-state index in [4.69, 9.17) is 5.11 Å². The standard InChI is InChI=1S/C7H13NO/c1-3-5-7(9)6-8-4-2/h3-5,7,9H,6H2,1-2H3/b5-3+,8-4?/t7-/m0/s1. The Morgan fingerprint density at radius 1 is 1.56 bits per heavy atom. The highest BCUT2D eigenvalue weighted by molar-refractivity contribution is 5.53. The van der Waals surface area contributed by atoms with E-state index in [1.807, 2.05) is 19.9 Å². The molecule has 0 saturated carbocycles. The molecule has 0 rings (SSSR count). The summed E-state index contributed by atoms with van der Waals surface area (Å²) in [4.78, 5) is 3.86. The molecule has 0 fully saturated rings. The Balaban J connectivity index is 3.37. The minimum absolute atomic E-state index is 0.411. The molecule has 0 heterocycles. The van der Waals surface area contributed by atoms with Gasteiger partial charge in [-0.3, -0.25) is 4.99 Å². The number of nitrogens with zero attached hydrogens (tertiary/aromatic N) is 1. The Bertz CT molecular complexity index is 107. The molecule has 0 aromatic heterocycles. The van der Waals surface area contributed by atoms with Crippen molar-refractivity contribution in [2.24, 2.45) is 4.99 Å². The third-order valence-corrected chi connectivity index (χ3v) is 0.890. The van der Waals surface area contributed by atoms with Gasteiger partial charge in [0.2, 0.25) is 0 Å². The summed E-state index contributed by atoms with van der Waals surface area (Å²) >= 11 is 0. The average Bonchev–Trinajstić information content (AvgIpc) is 1.85. The zero-order chi connectivity index (χ0) is 7.11. The number of aliphatic hydroxyl groups is 1. The molecule has 0 amide bonds. The topological polar surface area (TPSA) is 32.6 Å². The van der Waals surface area contributed by atoms with Crippen LogP contribution < -0.4 is 0 Å². The normalized spacial score (nSPS) is 15.4. The zero-order valence-corrected chi connectivity index (χ0v) is 5.91. The highest BCUT2D eigenvalue weighted by Crippen LogP contribution is 1.85. The van der Waals surface area contributed by atoms with E-state index in [-0.39, 0.29) is 0 Å². The second kappa shape index (κ2) is 5.51. The fourth-order valence-electron chi connectivity index (χ4n) is 0.496. The number of hydrogen-bond donors (Lipinski definition) is 1. The smallest absolute Gasteiger partial charge is 0.0915 e. The molecule has 0 aliphatic carbocycles. The van der Waals surface area contributed by atoms with Gasteiger partial charge in [0.25, 0.3) is 0 Å². The molecule has 2 heteroatoms. The monoisotopic (exact) mass is 127 g/mol. The number of aliphatic imine (C=N–C) groups is 1. The number of aliphatic hydroxyl groups excluding tert-OH is 1. The first kappa shape index (κ1) is 8.37. The van der Waals surface area contributed by atoms with Crippen LogP contribution >= 0.6 is 0 Å². The Morgan fingerprint density at radius 3 is 2.67 bits per heavy atom. The lowest BCUT2D eigenvalue weighted by Crippen LogP contribution is -2.05. The lowest BCUT2D eigenvalue weighted by molar-refractivity contribution is 0.232. The van der Waals surface area contributed by atoms with Crippen molar-refractivity contribution in [1.29, 1.82) is 0 Å². The zero-order valence-electron chi connectivity index (χ0n) is 5.91. The van der Waals surface area contributed by atoms with Crippen LogP contribution in [0.5, 0.6) is 0 Å². The van der Waals surface area contributed by atoms with Gasteiger partial charge in [0, 0.05) is 0 Å². The summed E-state index contributed by atoms with van der Waals surface area (Å²) in [6.07, 6.45) is 4.81. The first-order valence-electron chi connectivity index (χ1n) is 3.06. The molecule has 0 saturated heterocycles. The maximum Gasteiger partial charge on any atom is 0.0915 e. The Hall–Kier alpha value is -0.630. The SMILES string of the molecule is CC=NC[C@@H](O)/C=C/C. The van der Waals surface area contributed by atoms with Crippen molar-refractivity contribution >= 4 is 6.21 Å². The van der Waals surface area contributed by atoms with Crippen molar-refractivity contribution < 1.29 is 5.11 Å². The fourth-order valence-corrected chi connectivity index (χ4v) is 0.496. The molecular weight excluding hydrogens is 114 g/mol. The van der Waals surface area contributed by atoms with Gasteiger partial charge in [-0.15, -0.1) is 0 Å². The van der Waals surface area contributed by atoms with Crippen LogP contribution in [-0.2, 0) is 0 Å². The fraction of sp³-hybridized carbons (Fsp3) is 0.571. The van der Waals surface area contributed by atoms with Crippen LogP contribution in [0.15, 0.2) is 17.1 Å². The van der Waals surface area contributed by atoms with E-state index in [1.54, 1.807) is 12.3 Å². The third-order valence-electron chi connectivity index (χ3n) is 0.890. The maximum absolute atomic E-state index is 8.98. The van der Waals surface area contributed by atoms with Crippen LogP contribution in [0.2, 0.25) is 0 Å². The summed E-state index contributed by atoms with van der Waals surface area (Å²) in [6, 6.07) is 0. The van der Waals surface area contributed by atoms with Crippen molar-refractivity contribution in [3.63, 3.8) is 0 Å². The third kappa shape index (κ3) is 5.24. The molecule has 0 aromatic carbocycles. The van der Waals surface area contributed by atoms with Crippen molar-refractivity contribution in [3.05, 3.63) is 12.2 Å². The number of allylic oxidation sites excluding steroid dienone is 1. The molecule has 0 spiro atoms. The van der Waals surface area contributed by atoms with E-state index in [0.717, 1.165) is 0 Å². The van der Waals surface area contributed by atoms with Crippen LogP contribution in [0.25, 0.3) is 0 Å². The van der Waals surface area contributed by atoms with Gasteiger partial charge in [-0.2, -0.15) is 0 Å². The molecule has 2 nitrogen and oxygen atoms in total. The van der Waals surface area contributed by atoms with Crippen LogP contribution in [0.3, 0.4) is 0 Å². The molecular formula is C7H13NO. The van der Waals surface area contributed by atoms with Gasteiger partial charge in [-0.25, -0.2) is 0 Å². The van der Waals surface area contributed by atoms with E-state index >= 15 is 0 Å². The van der Waals surface area contributed by atoms with Gasteiger partial charge < -0.3 is 5.11 Å². The first-order valence-corrected chi connectivity index (χ1v) is 3.06. The van der Waals surface area contributed by atoms with Crippen LogP contribution in [0.4, 0.5) is 0 Å². The van der Waals surface area contributed by atoms with Crippen molar-refractivity contribution in [1.82, 2.24) is 0 Å². The molecule has 0 aliphatic heterocycles. The minimum Gasteiger partial charge on any atom is -0.387 e. The van der Waals surface area contributed by atoms with Crippen LogP contribution in [0, 0.1) is 0 Å².